The highest BCUT2D eigenvalue weighted by Crippen LogP contribution is 2.10. The van der Waals surface area contributed by atoms with Gasteiger partial charge < -0.3 is 10.2 Å². The monoisotopic (exact) mass is 287 g/mol. The molecule has 6 nitrogen and oxygen atoms in total. The Hall–Kier alpha value is -2.37. The van der Waals surface area contributed by atoms with Crippen LogP contribution in [0.25, 0.3) is 0 Å². The lowest BCUT2D eigenvalue weighted by Crippen LogP contribution is -2.31. The molecule has 0 saturated heterocycles. The van der Waals surface area contributed by atoms with Gasteiger partial charge in [0, 0.05) is 43.9 Å². The predicted octanol–water partition coefficient (Wildman–Crippen LogP) is 1.87. The largest absolute Gasteiger partial charge is 0.383 e. The summed E-state index contributed by atoms with van der Waals surface area (Å²) >= 11 is 0. The van der Waals surface area contributed by atoms with Gasteiger partial charge in [-0.25, -0.2) is 0 Å². The Kier molecular flexibility index (Phi) is 5.31. The molecule has 0 aromatic carbocycles. The van der Waals surface area contributed by atoms with Gasteiger partial charge in [0.05, 0.1) is 6.54 Å². The Balaban J connectivity index is 1.95. The lowest BCUT2D eigenvalue weighted by atomic mass is 10.2. The van der Waals surface area contributed by atoms with E-state index in [4.69, 9.17) is 0 Å². The van der Waals surface area contributed by atoms with Crippen LogP contribution in [-0.4, -0.2) is 45.2 Å². The normalized spacial score (nSPS) is 10.4. The Morgan fingerprint density at radius 3 is 2.81 bits per heavy atom. The van der Waals surface area contributed by atoms with Gasteiger partial charge in [-0.3, -0.25) is 14.5 Å². The van der Waals surface area contributed by atoms with E-state index in [-0.39, 0.29) is 5.91 Å². The molecule has 0 radical (unpaired) electrons. The van der Waals surface area contributed by atoms with Crippen LogP contribution in [0.1, 0.15) is 24.3 Å². The van der Waals surface area contributed by atoms with Crippen molar-refractivity contribution in [3.05, 3.63) is 42.5 Å². The number of hydrogen-bond acceptors (Lipinski definition) is 4. The highest BCUT2D eigenvalue weighted by atomic mass is 16.2. The second kappa shape index (κ2) is 7.42. The quantitative estimate of drug-likeness (QED) is 0.844. The van der Waals surface area contributed by atoms with E-state index >= 15 is 0 Å². The minimum atomic E-state index is -0.0317. The van der Waals surface area contributed by atoms with Gasteiger partial charge in [0.2, 0.25) is 0 Å². The van der Waals surface area contributed by atoms with Crippen LogP contribution in [0.3, 0.4) is 0 Å². The van der Waals surface area contributed by atoms with Crippen molar-refractivity contribution < 1.29 is 4.79 Å². The first-order chi connectivity index (χ1) is 10.2. The molecule has 112 valence electrons. The van der Waals surface area contributed by atoms with E-state index in [9.17, 15) is 4.79 Å². The average Bonchev–Trinajstić information content (AvgIpc) is 3.02. The molecule has 2 heterocycles. The first-order valence-electron chi connectivity index (χ1n) is 7.21. The molecule has 1 amide bonds. The fourth-order valence-corrected chi connectivity index (χ4v) is 2.08. The van der Waals surface area contributed by atoms with Gasteiger partial charge in [0.15, 0.2) is 0 Å². The molecule has 0 aliphatic carbocycles. The van der Waals surface area contributed by atoms with Crippen LogP contribution in [0, 0.1) is 0 Å². The third-order valence-electron chi connectivity index (χ3n) is 3.26. The van der Waals surface area contributed by atoms with E-state index in [0.717, 1.165) is 18.8 Å². The first-order valence-corrected chi connectivity index (χ1v) is 7.21. The van der Waals surface area contributed by atoms with E-state index in [0.29, 0.717) is 18.8 Å². The second-order valence-corrected chi connectivity index (χ2v) is 4.60. The van der Waals surface area contributed by atoms with E-state index in [2.05, 4.69) is 15.4 Å². The van der Waals surface area contributed by atoms with Crippen LogP contribution < -0.4 is 5.32 Å². The summed E-state index contributed by atoms with van der Waals surface area (Å²) in [5.41, 5.74) is 1.37. The lowest BCUT2D eigenvalue weighted by molar-refractivity contribution is 0.0767. The molecule has 0 spiro atoms. The Morgan fingerprint density at radius 1 is 1.33 bits per heavy atom. The number of nitrogens with one attached hydrogen (secondary N) is 1. The fourth-order valence-electron chi connectivity index (χ4n) is 2.08. The van der Waals surface area contributed by atoms with Crippen LogP contribution >= 0.6 is 0 Å². The molecule has 0 atom stereocenters. The zero-order valence-corrected chi connectivity index (χ0v) is 12.5. The third-order valence-corrected chi connectivity index (χ3v) is 3.26. The number of pyridine rings is 1. The Morgan fingerprint density at radius 2 is 2.14 bits per heavy atom. The van der Waals surface area contributed by atoms with Crippen molar-refractivity contribution in [3.63, 3.8) is 0 Å². The highest BCUT2D eigenvalue weighted by molar-refractivity contribution is 5.93. The summed E-state index contributed by atoms with van der Waals surface area (Å²) < 4.78 is 1.86. The number of hydrogen-bond donors (Lipinski definition) is 1. The number of rotatable bonds is 7. The summed E-state index contributed by atoms with van der Waals surface area (Å²) in [5, 5.41) is 7.42. The molecule has 2 rings (SSSR count). The van der Waals surface area contributed by atoms with E-state index < -0.39 is 0 Å². The molecule has 21 heavy (non-hydrogen) atoms. The summed E-state index contributed by atoms with van der Waals surface area (Å²) in [7, 11) is 0. The van der Waals surface area contributed by atoms with Crippen LogP contribution in [-0.2, 0) is 6.54 Å². The maximum absolute atomic E-state index is 12.2. The summed E-state index contributed by atoms with van der Waals surface area (Å²) in [6.45, 7) is 6.82. The van der Waals surface area contributed by atoms with Gasteiger partial charge in [-0.2, -0.15) is 5.10 Å². The molecule has 2 aromatic rings. The van der Waals surface area contributed by atoms with Crippen molar-refractivity contribution in [2.24, 2.45) is 0 Å². The van der Waals surface area contributed by atoms with Crippen molar-refractivity contribution in [1.29, 1.82) is 0 Å². The molecular weight excluding hydrogens is 266 g/mol. The smallest absolute Gasteiger partial charge is 0.272 e. The molecule has 0 fully saturated rings. The van der Waals surface area contributed by atoms with Crippen molar-refractivity contribution in [2.75, 3.05) is 25.0 Å². The maximum Gasteiger partial charge on any atom is 0.272 e. The first kappa shape index (κ1) is 15.0. The lowest BCUT2D eigenvalue weighted by Gasteiger charge is -2.18. The van der Waals surface area contributed by atoms with Crippen LogP contribution in [0.15, 0.2) is 36.8 Å². The number of nitrogens with zero attached hydrogens (tertiary/aromatic N) is 4. The van der Waals surface area contributed by atoms with Gasteiger partial charge in [0.25, 0.3) is 5.91 Å². The predicted molar refractivity (Wildman–Crippen MR) is 82.2 cm³/mol. The summed E-state index contributed by atoms with van der Waals surface area (Å²) in [6.07, 6.45) is 5.34. The van der Waals surface area contributed by atoms with Crippen molar-refractivity contribution in [1.82, 2.24) is 19.7 Å². The Bertz CT molecular complexity index is 563. The molecule has 1 N–H and O–H groups in total. The zero-order valence-electron chi connectivity index (χ0n) is 12.5. The standard InChI is InChI=1S/C15H21N5O/c1-3-19(4-2)15(21)14-12-13(6-8-17-14)16-9-11-20-10-5-7-18-20/h5-8,10,12H,3-4,9,11H2,1-2H3,(H,16,17). The van der Waals surface area contributed by atoms with Crippen molar-refractivity contribution in [2.45, 2.75) is 20.4 Å². The third kappa shape index (κ3) is 4.05. The summed E-state index contributed by atoms with van der Waals surface area (Å²) in [5.74, 6) is -0.0317. The van der Waals surface area contributed by atoms with E-state index in [1.54, 1.807) is 23.4 Å². The molecule has 2 aromatic heterocycles. The number of carbonyl (C=O) groups excluding carboxylic acids is 1. The van der Waals surface area contributed by atoms with E-state index in [1.165, 1.54) is 0 Å². The fraction of sp³-hybridized carbons (Fsp3) is 0.400. The highest BCUT2D eigenvalue weighted by Gasteiger charge is 2.13. The summed E-state index contributed by atoms with van der Waals surface area (Å²) in [6, 6.07) is 5.55. The van der Waals surface area contributed by atoms with Gasteiger partial charge in [-0.15, -0.1) is 0 Å². The van der Waals surface area contributed by atoms with Gasteiger partial charge in [0.1, 0.15) is 5.69 Å². The molecule has 0 aliphatic heterocycles. The number of aromatic nitrogens is 3. The molecule has 0 unspecified atom stereocenters. The molecule has 0 saturated carbocycles. The minimum absolute atomic E-state index is 0.0317. The topological polar surface area (TPSA) is 63.1 Å². The van der Waals surface area contributed by atoms with Crippen molar-refractivity contribution in [3.8, 4) is 0 Å². The summed E-state index contributed by atoms with van der Waals surface area (Å²) in [4.78, 5) is 18.2. The average molecular weight is 287 g/mol. The van der Waals surface area contributed by atoms with Gasteiger partial charge >= 0.3 is 0 Å². The second-order valence-electron chi connectivity index (χ2n) is 4.60. The molecule has 0 aliphatic rings. The van der Waals surface area contributed by atoms with Crippen LogP contribution in [0.4, 0.5) is 5.69 Å². The van der Waals surface area contributed by atoms with Gasteiger partial charge in [-0.05, 0) is 32.0 Å². The molecule has 0 bridgehead atoms. The molecule has 6 heteroatoms. The zero-order chi connectivity index (χ0) is 15.1. The van der Waals surface area contributed by atoms with E-state index in [1.807, 2.05) is 36.9 Å². The van der Waals surface area contributed by atoms with Crippen LogP contribution in [0.5, 0.6) is 0 Å². The molecular formula is C15H21N5O. The number of anilines is 1. The van der Waals surface area contributed by atoms with Crippen molar-refractivity contribution >= 4 is 11.6 Å². The Labute approximate surface area is 124 Å². The SMILES string of the molecule is CCN(CC)C(=O)c1cc(NCCn2cccn2)ccn1. The number of amides is 1. The van der Waals surface area contributed by atoms with Gasteiger partial charge in [-0.1, -0.05) is 0 Å². The minimum Gasteiger partial charge on any atom is -0.383 e. The van der Waals surface area contributed by atoms with Crippen LogP contribution in [0.2, 0.25) is 0 Å². The maximum atomic E-state index is 12.2. The number of carbonyl (C=O) groups is 1.